The molecule has 4 N–H and O–H groups in total. The summed E-state index contributed by atoms with van der Waals surface area (Å²) in [6, 6.07) is 43.7. The number of nitrogens with two attached hydrogens (primary N) is 2. The standard InChI is InChI=1S/C45H48N5O6/c1-33(36-23-12-5-13-24-36)50(2,42(52)40(37-25-14-6-15-26-37)38-27-16-7-17-28-38)39(29-18-30-48-43(46)47)41(51)49(44(53)55-31-34-19-8-3-9-20-34)45(54)56-32-35-21-10-4-11-22-35/h3-17,19-28,33,39-40H,18,29-32H2,1-2H3,(H4,46,47,48)/q+1/t33?,39?,50-/m0/s1. The van der Waals surface area contributed by atoms with Gasteiger partial charge in [-0.3, -0.25) is 9.79 Å². The summed E-state index contributed by atoms with van der Waals surface area (Å²) in [5.74, 6) is -2.29. The molecule has 0 saturated heterocycles. The Balaban J connectivity index is 1.66. The number of hydrogen-bond donors (Lipinski definition) is 2. The largest absolute Gasteiger partial charge is 0.444 e. The third-order valence-electron chi connectivity index (χ3n) is 9.93. The number of rotatable bonds is 15. The highest BCUT2D eigenvalue weighted by Crippen LogP contribution is 2.39. The van der Waals surface area contributed by atoms with E-state index in [1.807, 2.05) is 110 Å². The number of hydrogen-bond acceptors (Lipinski definition) is 7. The van der Waals surface area contributed by atoms with Crippen molar-refractivity contribution in [2.24, 2.45) is 16.5 Å². The molecule has 0 aliphatic heterocycles. The van der Waals surface area contributed by atoms with Crippen molar-refractivity contribution in [3.8, 4) is 0 Å². The van der Waals surface area contributed by atoms with E-state index in [0.717, 1.165) is 5.56 Å². The number of carbonyl (C=O) groups excluding carboxylic acids is 4. The lowest BCUT2D eigenvalue weighted by Crippen LogP contribution is -2.65. The van der Waals surface area contributed by atoms with Crippen LogP contribution in [-0.4, -0.2) is 59.0 Å². The van der Waals surface area contributed by atoms with Crippen molar-refractivity contribution < 1.29 is 33.1 Å². The molecule has 4 amide bonds. The number of imide groups is 3. The van der Waals surface area contributed by atoms with Gasteiger partial charge in [-0.2, -0.15) is 0 Å². The lowest BCUT2D eigenvalue weighted by Gasteiger charge is -2.45. The highest BCUT2D eigenvalue weighted by Gasteiger charge is 2.54. The van der Waals surface area contributed by atoms with Gasteiger partial charge in [0.25, 0.3) is 5.91 Å². The molecule has 0 bridgehead atoms. The average Bonchev–Trinajstić information content (AvgIpc) is 3.23. The van der Waals surface area contributed by atoms with Crippen LogP contribution in [0.1, 0.15) is 59.5 Å². The number of benzene rings is 5. The SMILES string of the molecule is CC(c1ccccc1)[N@+](C)(C(=O)C(c1ccccc1)c1ccccc1)C(CCCN=C(N)N)C(=O)N(C(=O)OCc1ccccc1)C(=O)OCc1ccccc1. The molecule has 0 heterocycles. The molecule has 3 atom stereocenters. The molecular formula is C45H48N5O6+. The predicted molar refractivity (Wildman–Crippen MR) is 215 cm³/mol. The number of aliphatic imine (C=N–C) groups is 1. The Morgan fingerprint density at radius 3 is 1.43 bits per heavy atom. The molecule has 0 fully saturated rings. The molecule has 5 rings (SSSR count). The number of carbonyl (C=O) groups is 4. The van der Waals surface area contributed by atoms with Gasteiger partial charge in [-0.15, -0.1) is 4.90 Å². The molecule has 5 aromatic carbocycles. The van der Waals surface area contributed by atoms with Gasteiger partial charge >= 0.3 is 18.1 Å². The summed E-state index contributed by atoms with van der Waals surface area (Å²) in [7, 11) is 1.69. The van der Waals surface area contributed by atoms with E-state index in [0.29, 0.717) is 27.2 Å². The smallest absolute Gasteiger partial charge is 0.426 e. The van der Waals surface area contributed by atoms with Gasteiger partial charge in [0.2, 0.25) is 0 Å². The zero-order chi connectivity index (χ0) is 39.9. The predicted octanol–water partition coefficient (Wildman–Crippen LogP) is 7.48. The number of amides is 4. The molecule has 56 heavy (non-hydrogen) atoms. The second-order valence-corrected chi connectivity index (χ2v) is 13.5. The van der Waals surface area contributed by atoms with Gasteiger partial charge in [0.05, 0.1) is 7.05 Å². The number of nitrogens with zero attached hydrogens (tertiary/aromatic N) is 3. The van der Waals surface area contributed by atoms with Crippen molar-refractivity contribution in [1.29, 1.82) is 0 Å². The van der Waals surface area contributed by atoms with Gasteiger partial charge in [-0.1, -0.05) is 152 Å². The van der Waals surface area contributed by atoms with Crippen LogP contribution in [0.2, 0.25) is 0 Å². The molecule has 288 valence electrons. The average molecular weight is 755 g/mol. The zero-order valence-electron chi connectivity index (χ0n) is 31.6. The minimum atomic E-state index is -1.34. The van der Waals surface area contributed by atoms with Crippen molar-refractivity contribution in [3.05, 3.63) is 179 Å². The van der Waals surface area contributed by atoms with Crippen LogP contribution in [-0.2, 0) is 32.3 Å². The highest BCUT2D eigenvalue weighted by molar-refractivity contribution is 6.08. The summed E-state index contributed by atoms with van der Waals surface area (Å²) in [5.41, 5.74) is 14.8. The summed E-state index contributed by atoms with van der Waals surface area (Å²) < 4.78 is 10.7. The van der Waals surface area contributed by atoms with Crippen LogP contribution in [0.5, 0.6) is 0 Å². The first-order valence-electron chi connectivity index (χ1n) is 18.5. The van der Waals surface area contributed by atoms with Gasteiger partial charge in [0.1, 0.15) is 25.2 Å². The Bertz CT molecular complexity index is 1970. The van der Waals surface area contributed by atoms with Gasteiger partial charge in [0, 0.05) is 18.5 Å². The molecular weight excluding hydrogens is 707 g/mol. The van der Waals surface area contributed by atoms with Crippen LogP contribution >= 0.6 is 0 Å². The van der Waals surface area contributed by atoms with Crippen molar-refractivity contribution in [3.63, 3.8) is 0 Å². The second-order valence-electron chi connectivity index (χ2n) is 13.5. The second kappa shape index (κ2) is 19.7. The summed E-state index contributed by atoms with van der Waals surface area (Å²) in [6.45, 7) is 1.54. The minimum absolute atomic E-state index is 0.000241. The molecule has 11 heteroatoms. The van der Waals surface area contributed by atoms with E-state index >= 15 is 9.59 Å². The van der Waals surface area contributed by atoms with E-state index in [-0.39, 0.29) is 44.5 Å². The first-order chi connectivity index (χ1) is 27.1. The van der Waals surface area contributed by atoms with Gasteiger partial charge in [0.15, 0.2) is 12.0 Å². The fourth-order valence-electron chi connectivity index (χ4n) is 6.79. The monoisotopic (exact) mass is 754 g/mol. The van der Waals surface area contributed by atoms with Gasteiger partial charge in [-0.25, -0.2) is 18.9 Å². The topological polar surface area (TPSA) is 154 Å². The summed E-state index contributed by atoms with van der Waals surface area (Å²) in [6.07, 6.45) is -2.25. The molecule has 2 unspecified atom stereocenters. The summed E-state index contributed by atoms with van der Waals surface area (Å²) >= 11 is 0. The number of guanidine groups is 1. The van der Waals surface area contributed by atoms with Gasteiger partial charge < -0.3 is 20.9 Å². The third-order valence-corrected chi connectivity index (χ3v) is 9.93. The molecule has 0 aromatic heterocycles. The normalized spacial score (nSPS) is 13.1. The summed E-state index contributed by atoms with van der Waals surface area (Å²) in [5, 5.41) is 0. The van der Waals surface area contributed by atoms with E-state index in [1.54, 1.807) is 55.6 Å². The molecule has 0 aliphatic rings. The maximum Gasteiger partial charge on any atom is 0.426 e. The fraction of sp³-hybridized carbons (Fsp3) is 0.222. The number of likely N-dealkylation sites (N-methyl/N-ethyl adjacent to an activating group) is 1. The molecule has 0 spiro atoms. The molecule has 11 nitrogen and oxygen atoms in total. The van der Waals surface area contributed by atoms with E-state index in [9.17, 15) is 9.59 Å². The van der Waals surface area contributed by atoms with E-state index in [2.05, 4.69) is 4.99 Å². The highest BCUT2D eigenvalue weighted by atomic mass is 16.6. The van der Waals surface area contributed by atoms with Crippen LogP contribution in [0, 0.1) is 0 Å². The fourth-order valence-corrected chi connectivity index (χ4v) is 6.79. The number of quaternary nitrogens is 1. The molecule has 5 aromatic rings. The Kier molecular flexibility index (Phi) is 14.2. The maximum atomic E-state index is 15.8. The van der Waals surface area contributed by atoms with Crippen LogP contribution in [0.25, 0.3) is 0 Å². The lowest BCUT2D eigenvalue weighted by molar-refractivity contribution is -0.881. The van der Waals surface area contributed by atoms with Crippen LogP contribution in [0.15, 0.2) is 157 Å². The van der Waals surface area contributed by atoms with Gasteiger partial charge in [-0.05, 0) is 35.6 Å². The van der Waals surface area contributed by atoms with Crippen molar-refractivity contribution in [2.45, 2.75) is 51.0 Å². The minimum Gasteiger partial charge on any atom is -0.444 e. The first-order valence-corrected chi connectivity index (χ1v) is 18.5. The number of ether oxygens (including phenoxy) is 2. The Morgan fingerprint density at radius 2 is 1.02 bits per heavy atom. The lowest BCUT2D eigenvalue weighted by atomic mass is 9.86. The molecule has 0 aliphatic carbocycles. The third kappa shape index (κ3) is 10.1. The van der Waals surface area contributed by atoms with Crippen LogP contribution in [0.3, 0.4) is 0 Å². The zero-order valence-corrected chi connectivity index (χ0v) is 31.6. The van der Waals surface area contributed by atoms with E-state index in [1.165, 1.54) is 0 Å². The Morgan fingerprint density at radius 1 is 0.625 bits per heavy atom. The van der Waals surface area contributed by atoms with Crippen molar-refractivity contribution >= 4 is 30.0 Å². The van der Waals surface area contributed by atoms with E-state index in [4.69, 9.17) is 20.9 Å². The van der Waals surface area contributed by atoms with Crippen LogP contribution < -0.4 is 11.5 Å². The quantitative estimate of drug-likeness (QED) is 0.0483. The van der Waals surface area contributed by atoms with E-state index < -0.39 is 40.6 Å². The van der Waals surface area contributed by atoms with Crippen molar-refractivity contribution in [1.82, 2.24) is 4.90 Å². The molecule has 0 saturated carbocycles. The Labute approximate surface area is 327 Å². The summed E-state index contributed by atoms with van der Waals surface area (Å²) in [4.78, 5) is 63.8. The molecule has 0 radical (unpaired) electrons. The first kappa shape index (κ1) is 40.6. The van der Waals surface area contributed by atoms with Crippen molar-refractivity contribution in [2.75, 3.05) is 13.6 Å². The van der Waals surface area contributed by atoms with Crippen LogP contribution in [0.4, 0.5) is 9.59 Å². The Hall–Kier alpha value is -6.59. The maximum absolute atomic E-state index is 15.8.